The SMILES string of the molecule is Cc1cc2c(cc1C)N1C(C)(N)CC(c3ccccc3)C13C(=O)NC(=O)NC3N2CC(O)C(O)C(O)COP(=O)(O)OP(=O)(O)OCC1OC(n2cnc3c(N)ncnc32)C(O)C1O. The Morgan fingerprint density at radius 2 is 1.64 bits per heavy atom. The number of imidazole rings is 1. The molecule has 2 aromatic heterocycles. The van der Waals surface area contributed by atoms with Crippen molar-refractivity contribution in [3.05, 3.63) is 71.8 Å². The van der Waals surface area contributed by atoms with Crippen molar-refractivity contribution in [1.82, 2.24) is 30.2 Å². The molecule has 13 atom stereocenters. The van der Waals surface area contributed by atoms with Gasteiger partial charge in [0.2, 0.25) is 0 Å². The third-order valence-corrected chi connectivity index (χ3v) is 14.7. The highest BCUT2D eigenvalue weighted by molar-refractivity contribution is 7.61. The number of fused-ring (bicyclic) bond motifs is 3. The summed E-state index contributed by atoms with van der Waals surface area (Å²) in [6.07, 6.45) is -11.0. The minimum Gasteiger partial charge on any atom is -0.388 e. The number of aromatic nitrogens is 4. The van der Waals surface area contributed by atoms with Crippen molar-refractivity contribution >= 4 is 55.9 Å². The minimum absolute atomic E-state index is 0.0288. The first-order chi connectivity index (χ1) is 30.1. The van der Waals surface area contributed by atoms with E-state index in [4.69, 9.17) is 25.3 Å². The van der Waals surface area contributed by atoms with E-state index in [0.29, 0.717) is 11.4 Å². The highest BCUT2D eigenvalue weighted by Gasteiger charge is 2.71. The van der Waals surface area contributed by atoms with E-state index < -0.39 is 113 Å². The van der Waals surface area contributed by atoms with E-state index >= 15 is 0 Å². The molecule has 13 N–H and O–H groups in total. The van der Waals surface area contributed by atoms with Gasteiger partial charge in [-0.3, -0.25) is 23.7 Å². The molecule has 3 amide bonds. The van der Waals surface area contributed by atoms with Crippen molar-refractivity contribution in [3.63, 3.8) is 0 Å². The van der Waals surface area contributed by atoms with Crippen LogP contribution in [0.3, 0.4) is 0 Å². The number of phosphoric ester groups is 2. The number of imide groups is 1. The van der Waals surface area contributed by atoms with E-state index in [9.17, 15) is 54.0 Å². The number of aliphatic hydroxyl groups is 5. The maximum absolute atomic E-state index is 14.5. The number of aliphatic hydroxyl groups excluding tert-OH is 5. The minimum atomic E-state index is -5.60. The summed E-state index contributed by atoms with van der Waals surface area (Å²) in [6.45, 7) is 2.74. The number of hydrogen-bond donors (Lipinski definition) is 11. The quantitative estimate of drug-likeness (QED) is 0.0680. The number of benzene rings is 2. The van der Waals surface area contributed by atoms with Crippen LogP contribution >= 0.6 is 15.6 Å². The number of carbonyl (C=O) groups is 2. The molecule has 25 nitrogen and oxygen atoms in total. The monoisotopic (exact) mass is 934 g/mol. The normalized spacial score (nSPS) is 31.0. The molecule has 0 aliphatic carbocycles. The maximum Gasteiger partial charge on any atom is 0.481 e. The molecule has 3 saturated heterocycles. The second-order valence-electron chi connectivity index (χ2n) is 16.5. The highest BCUT2D eigenvalue weighted by Crippen LogP contribution is 2.61. The number of carbonyl (C=O) groups excluding carboxylic acids is 2. The fourth-order valence-corrected chi connectivity index (χ4v) is 11.2. The van der Waals surface area contributed by atoms with Gasteiger partial charge in [0.1, 0.15) is 54.6 Å². The molecule has 13 unspecified atom stereocenters. The summed E-state index contributed by atoms with van der Waals surface area (Å²) >= 11 is 0. The molecule has 4 aliphatic heterocycles. The summed E-state index contributed by atoms with van der Waals surface area (Å²) in [5, 5.41) is 60.1. The summed E-state index contributed by atoms with van der Waals surface area (Å²) < 4.78 is 46.3. The van der Waals surface area contributed by atoms with E-state index in [1.54, 1.807) is 17.9 Å². The van der Waals surface area contributed by atoms with Gasteiger partial charge in [-0.1, -0.05) is 30.3 Å². The standard InChI is InChI=1S/C37H48N10O15P2/c1-17-9-21-22(10-18(17)2)47-36(3,39)11-20(19-7-5-4-6-8-19)37(47)33(43-35(54)44-34(37)53)45(21)12-23(48)27(50)24(49)13-59-63(55,56)62-64(57,58)60-14-25-28(51)29(52)32(61-25)46-16-42-26-30(38)40-15-41-31(26)46/h4-10,15-16,20,23-25,27-29,32-33,48-52H,11-14,39H2,1-3H3,(H,55,56)(H,57,58)(H2,38,40,41)(H2,43,44,53,54). The molecule has 4 aromatic rings. The van der Waals surface area contributed by atoms with Crippen molar-refractivity contribution in [2.75, 3.05) is 35.3 Å². The molecule has 3 fully saturated rings. The van der Waals surface area contributed by atoms with Crippen LogP contribution in [0.15, 0.2) is 55.1 Å². The van der Waals surface area contributed by atoms with Crippen molar-refractivity contribution in [2.45, 2.75) is 93.3 Å². The lowest BCUT2D eigenvalue weighted by atomic mass is 9.73. The number of amides is 3. The molecule has 1 spiro atoms. The number of nitrogen functional groups attached to an aromatic ring is 1. The number of nitrogens with one attached hydrogen (secondary N) is 2. The van der Waals surface area contributed by atoms with Gasteiger partial charge in [0.25, 0.3) is 5.91 Å². The van der Waals surface area contributed by atoms with Crippen LogP contribution in [0.25, 0.3) is 11.2 Å². The van der Waals surface area contributed by atoms with Gasteiger partial charge in [-0.05, 0) is 56.0 Å². The number of anilines is 3. The smallest absolute Gasteiger partial charge is 0.388 e. The molecule has 64 heavy (non-hydrogen) atoms. The average Bonchev–Trinajstić information content (AvgIpc) is 3.87. The van der Waals surface area contributed by atoms with Gasteiger partial charge >= 0.3 is 21.7 Å². The zero-order chi connectivity index (χ0) is 46.3. The summed E-state index contributed by atoms with van der Waals surface area (Å²) in [7, 11) is -11.1. The van der Waals surface area contributed by atoms with E-state index in [-0.39, 0.29) is 23.4 Å². The Hall–Kier alpha value is -4.69. The summed E-state index contributed by atoms with van der Waals surface area (Å²) in [4.78, 5) is 63.4. The molecular formula is C37H48N10O15P2. The number of β-amino-alcohol motifs (C(OH)–C–C–N with tert-alkyl or cyclic N) is 1. The van der Waals surface area contributed by atoms with E-state index in [0.717, 1.165) is 23.0 Å². The fourth-order valence-electron chi connectivity index (χ4n) is 9.13. The summed E-state index contributed by atoms with van der Waals surface area (Å²) in [6, 6.07) is 11.9. The van der Waals surface area contributed by atoms with E-state index in [1.165, 1.54) is 15.8 Å². The van der Waals surface area contributed by atoms with Crippen LogP contribution in [-0.2, 0) is 32.0 Å². The van der Waals surface area contributed by atoms with Gasteiger partial charge in [-0.25, -0.2) is 28.9 Å². The van der Waals surface area contributed by atoms with Crippen LogP contribution in [0.1, 0.15) is 42.2 Å². The first kappa shape index (κ1) is 45.9. The summed E-state index contributed by atoms with van der Waals surface area (Å²) in [5.41, 5.74) is 13.7. The van der Waals surface area contributed by atoms with Crippen LogP contribution in [0.4, 0.5) is 22.0 Å². The van der Waals surface area contributed by atoms with Gasteiger partial charge in [0, 0.05) is 12.5 Å². The Bertz CT molecular complexity index is 2560. The first-order valence-electron chi connectivity index (χ1n) is 19.8. The molecule has 0 radical (unpaired) electrons. The number of hydrogen-bond acceptors (Lipinski definition) is 20. The van der Waals surface area contributed by atoms with Crippen LogP contribution in [0.5, 0.6) is 0 Å². The second-order valence-corrected chi connectivity index (χ2v) is 19.5. The van der Waals surface area contributed by atoms with Crippen LogP contribution in [-0.4, -0.2) is 141 Å². The fraction of sp³-hybridized carbons (Fsp3) is 0.486. The predicted octanol–water partition coefficient (Wildman–Crippen LogP) is -0.929. The Morgan fingerprint density at radius 3 is 2.34 bits per heavy atom. The number of aryl methyl sites for hydroxylation is 2. The molecular weight excluding hydrogens is 886 g/mol. The van der Waals surface area contributed by atoms with Gasteiger partial charge in [-0.2, -0.15) is 4.31 Å². The molecule has 346 valence electrons. The summed E-state index contributed by atoms with van der Waals surface area (Å²) in [5.74, 6) is -1.26. The van der Waals surface area contributed by atoms with Crippen molar-refractivity contribution in [3.8, 4) is 0 Å². The Morgan fingerprint density at radius 1 is 0.969 bits per heavy atom. The zero-order valence-electron chi connectivity index (χ0n) is 34.3. The number of rotatable bonds is 14. The number of ether oxygens (including phenoxy) is 1. The molecule has 0 saturated carbocycles. The van der Waals surface area contributed by atoms with Gasteiger partial charge in [0.15, 0.2) is 23.2 Å². The topological polar surface area (TPSA) is 373 Å². The van der Waals surface area contributed by atoms with Gasteiger partial charge in [0.05, 0.1) is 36.6 Å². The number of nitrogens with zero attached hydrogens (tertiary/aromatic N) is 6. The molecule has 4 aliphatic rings. The highest BCUT2D eigenvalue weighted by atomic mass is 31.3. The van der Waals surface area contributed by atoms with Gasteiger partial charge in [-0.15, -0.1) is 0 Å². The predicted molar refractivity (Wildman–Crippen MR) is 222 cm³/mol. The third-order valence-electron chi connectivity index (χ3n) is 12.1. The average molecular weight is 935 g/mol. The molecule has 8 rings (SSSR count). The Kier molecular flexibility index (Phi) is 11.9. The largest absolute Gasteiger partial charge is 0.481 e. The third kappa shape index (κ3) is 7.94. The molecule has 0 bridgehead atoms. The number of urea groups is 1. The zero-order valence-corrected chi connectivity index (χ0v) is 36.1. The Balaban J connectivity index is 0.951. The van der Waals surface area contributed by atoms with Crippen molar-refractivity contribution in [1.29, 1.82) is 0 Å². The molecule has 6 heterocycles. The van der Waals surface area contributed by atoms with Crippen LogP contribution in [0, 0.1) is 13.8 Å². The maximum atomic E-state index is 14.5. The molecule has 27 heteroatoms. The Labute approximate surface area is 363 Å². The van der Waals surface area contributed by atoms with Gasteiger partial charge < -0.3 is 66.6 Å². The van der Waals surface area contributed by atoms with Crippen LogP contribution in [0.2, 0.25) is 0 Å². The second kappa shape index (κ2) is 16.6. The number of nitrogens with two attached hydrogens (primary N) is 2. The lowest BCUT2D eigenvalue weighted by molar-refractivity contribution is -0.128. The lowest BCUT2D eigenvalue weighted by Crippen LogP contribution is -2.83. The molecule has 2 aromatic carbocycles. The van der Waals surface area contributed by atoms with Crippen molar-refractivity contribution in [2.24, 2.45) is 5.73 Å². The number of phosphoric acid groups is 2. The van der Waals surface area contributed by atoms with Crippen molar-refractivity contribution < 1.29 is 72.1 Å². The first-order valence-corrected chi connectivity index (χ1v) is 22.8. The van der Waals surface area contributed by atoms with E-state index in [2.05, 4.69) is 29.9 Å². The lowest BCUT2D eigenvalue weighted by Gasteiger charge is -2.59. The van der Waals surface area contributed by atoms with E-state index in [1.807, 2.05) is 50.2 Å². The van der Waals surface area contributed by atoms with Crippen LogP contribution < -0.4 is 31.9 Å².